The van der Waals surface area contributed by atoms with E-state index < -0.39 is 18.3 Å². The van der Waals surface area contributed by atoms with Crippen LogP contribution in [-0.2, 0) is 0 Å². The van der Waals surface area contributed by atoms with Crippen molar-refractivity contribution < 1.29 is 15.3 Å². The number of hydrogen-bond donors (Lipinski definition) is 3. The van der Waals surface area contributed by atoms with Crippen LogP contribution in [0.1, 0.15) is 0 Å². The topological polar surface area (TPSA) is 158 Å². The minimum atomic E-state index is -1.51. The van der Waals surface area contributed by atoms with Gasteiger partial charge in [-0.25, -0.2) is 0 Å². The second kappa shape index (κ2) is 6.96. The highest BCUT2D eigenvalue weighted by Gasteiger charge is 2.23. The SMILES string of the molecule is [N-]=[N+]=NC[C@@H](O)[C@H](O)[C@@H](O)CN=[N+]=[N-]. The van der Waals surface area contributed by atoms with Crippen LogP contribution in [0.3, 0.4) is 0 Å². The maximum Gasteiger partial charge on any atom is 0.106 e. The zero-order valence-electron chi connectivity index (χ0n) is 7.17. The minimum Gasteiger partial charge on any atom is -0.390 e. The van der Waals surface area contributed by atoms with Crippen molar-refractivity contribution in [2.75, 3.05) is 13.1 Å². The van der Waals surface area contributed by atoms with E-state index in [0.717, 1.165) is 0 Å². The maximum atomic E-state index is 9.17. The van der Waals surface area contributed by atoms with E-state index >= 15 is 0 Å². The Balaban J connectivity index is 4.07. The fourth-order valence-corrected chi connectivity index (χ4v) is 0.713. The van der Waals surface area contributed by atoms with E-state index in [0.29, 0.717) is 0 Å². The molecule has 0 aromatic carbocycles. The Morgan fingerprint density at radius 1 is 0.929 bits per heavy atom. The Labute approximate surface area is 78.8 Å². The fourth-order valence-electron chi connectivity index (χ4n) is 0.713. The normalized spacial score (nSPS) is 15.9. The highest BCUT2D eigenvalue weighted by atomic mass is 16.4. The van der Waals surface area contributed by atoms with Gasteiger partial charge in [0.05, 0.1) is 25.3 Å². The van der Waals surface area contributed by atoms with Crippen molar-refractivity contribution in [3.63, 3.8) is 0 Å². The summed E-state index contributed by atoms with van der Waals surface area (Å²) in [7, 11) is 0. The van der Waals surface area contributed by atoms with Crippen LogP contribution in [0, 0.1) is 0 Å². The second-order valence-corrected chi connectivity index (χ2v) is 2.45. The Morgan fingerprint density at radius 2 is 1.29 bits per heavy atom. The smallest absolute Gasteiger partial charge is 0.106 e. The predicted octanol–water partition coefficient (Wildman–Crippen LogP) is -0.310. The average Bonchev–Trinajstić information content (AvgIpc) is 2.21. The predicted molar refractivity (Wildman–Crippen MR) is 46.0 cm³/mol. The molecule has 14 heavy (non-hydrogen) atoms. The second-order valence-electron chi connectivity index (χ2n) is 2.45. The molecule has 0 saturated carbocycles. The van der Waals surface area contributed by atoms with Gasteiger partial charge in [-0.15, -0.1) is 0 Å². The quantitative estimate of drug-likeness (QED) is 0.306. The van der Waals surface area contributed by atoms with Gasteiger partial charge < -0.3 is 15.3 Å². The Hall–Kier alpha value is -1.50. The first kappa shape index (κ1) is 12.5. The van der Waals surface area contributed by atoms with Gasteiger partial charge in [-0.05, 0) is 11.1 Å². The Kier molecular flexibility index (Phi) is 6.21. The molecule has 9 nitrogen and oxygen atoms in total. The summed E-state index contributed by atoms with van der Waals surface area (Å²) in [6, 6.07) is 0. The summed E-state index contributed by atoms with van der Waals surface area (Å²) < 4.78 is 0. The third-order valence-corrected chi connectivity index (χ3v) is 1.45. The van der Waals surface area contributed by atoms with Crippen LogP contribution in [0.5, 0.6) is 0 Å². The molecule has 0 saturated heterocycles. The lowest BCUT2D eigenvalue weighted by Gasteiger charge is -2.19. The van der Waals surface area contributed by atoms with Gasteiger partial charge in [0.15, 0.2) is 0 Å². The third kappa shape index (κ3) is 4.51. The lowest BCUT2D eigenvalue weighted by molar-refractivity contribution is -0.0508. The highest BCUT2D eigenvalue weighted by molar-refractivity contribution is 4.78. The minimum absolute atomic E-state index is 0.356. The Morgan fingerprint density at radius 3 is 1.57 bits per heavy atom. The number of azide groups is 2. The number of hydrogen-bond acceptors (Lipinski definition) is 5. The van der Waals surface area contributed by atoms with E-state index in [1.165, 1.54) is 0 Å². The standard InChI is InChI=1S/C5H10N6O3/c6-10-8-1-3(12)5(14)4(13)2-9-11-7/h3-5,12-14H,1-2H2/t3-,4+,5+. The van der Waals surface area contributed by atoms with E-state index in [2.05, 4.69) is 20.1 Å². The summed E-state index contributed by atoms with van der Waals surface area (Å²) in [5.41, 5.74) is 15.8. The fraction of sp³-hybridized carbons (Fsp3) is 1.00. The molecule has 0 aromatic heterocycles. The van der Waals surface area contributed by atoms with Crippen LogP contribution >= 0.6 is 0 Å². The van der Waals surface area contributed by atoms with Gasteiger partial charge in [0.1, 0.15) is 6.10 Å². The molecule has 0 aromatic rings. The van der Waals surface area contributed by atoms with E-state index in [1.807, 2.05) is 0 Å². The van der Waals surface area contributed by atoms with Crippen molar-refractivity contribution in [1.29, 1.82) is 0 Å². The van der Waals surface area contributed by atoms with Crippen LogP contribution in [0.15, 0.2) is 10.2 Å². The first-order valence-corrected chi connectivity index (χ1v) is 3.69. The molecule has 9 heteroatoms. The van der Waals surface area contributed by atoms with Crippen LogP contribution in [0.2, 0.25) is 0 Å². The molecule has 0 aliphatic rings. The number of nitrogens with zero attached hydrogens (tertiary/aromatic N) is 6. The number of rotatable bonds is 6. The van der Waals surface area contributed by atoms with Crippen molar-refractivity contribution in [2.24, 2.45) is 10.2 Å². The molecule has 0 unspecified atom stereocenters. The van der Waals surface area contributed by atoms with Gasteiger partial charge in [0.25, 0.3) is 0 Å². The van der Waals surface area contributed by atoms with Crippen molar-refractivity contribution >= 4 is 0 Å². The average molecular weight is 202 g/mol. The van der Waals surface area contributed by atoms with Gasteiger partial charge in [0.2, 0.25) is 0 Å². The number of aliphatic hydroxyl groups excluding tert-OH is 3. The third-order valence-electron chi connectivity index (χ3n) is 1.45. The highest BCUT2D eigenvalue weighted by Crippen LogP contribution is 2.01. The molecule has 0 aliphatic carbocycles. The maximum absolute atomic E-state index is 9.17. The van der Waals surface area contributed by atoms with Crippen LogP contribution in [0.4, 0.5) is 0 Å². The summed E-state index contributed by atoms with van der Waals surface area (Å²) in [5, 5.41) is 33.4. The monoisotopic (exact) mass is 202 g/mol. The number of aliphatic hydroxyl groups is 3. The molecule has 0 aliphatic heterocycles. The first-order chi connectivity index (χ1) is 6.63. The van der Waals surface area contributed by atoms with E-state index in [4.69, 9.17) is 21.3 Å². The molecular weight excluding hydrogens is 192 g/mol. The van der Waals surface area contributed by atoms with Crippen LogP contribution in [-0.4, -0.2) is 46.7 Å². The van der Waals surface area contributed by atoms with E-state index in [9.17, 15) is 5.11 Å². The van der Waals surface area contributed by atoms with Crippen molar-refractivity contribution in [3.8, 4) is 0 Å². The summed E-state index contributed by atoms with van der Waals surface area (Å²) in [4.78, 5) is 4.74. The van der Waals surface area contributed by atoms with E-state index in [1.54, 1.807) is 0 Å². The molecule has 3 atom stereocenters. The molecule has 0 fully saturated rings. The summed E-state index contributed by atoms with van der Waals surface area (Å²) in [5.74, 6) is 0. The van der Waals surface area contributed by atoms with Gasteiger partial charge >= 0.3 is 0 Å². The van der Waals surface area contributed by atoms with Crippen molar-refractivity contribution in [3.05, 3.63) is 20.9 Å². The van der Waals surface area contributed by atoms with Gasteiger partial charge in [-0.3, -0.25) is 0 Å². The summed E-state index contributed by atoms with van der Waals surface area (Å²) >= 11 is 0. The lowest BCUT2D eigenvalue weighted by atomic mass is 10.1. The van der Waals surface area contributed by atoms with Crippen molar-refractivity contribution in [2.45, 2.75) is 18.3 Å². The zero-order chi connectivity index (χ0) is 11.0. The molecular formula is C5H10N6O3. The molecule has 0 rings (SSSR count). The molecule has 78 valence electrons. The lowest BCUT2D eigenvalue weighted by Crippen LogP contribution is -2.40. The largest absolute Gasteiger partial charge is 0.390 e. The summed E-state index contributed by atoms with van der Waals surface area (Å²) in [6.45, 7) is -0.712. The first-order valence-electron chi connectivity index (χ1n) is 3.69. The molecule has 3 N–H and O–H groups in total. The molecule has 0 spiro atoms. The zero-order valence-corrected chi connectivity index (χ0v) is 7.17. The molecule has 0 heterocycles. The van der Waals surface area contributed by atoms with Gasteiger partial charge in [-0.1, -0.05) is 10.2 Å². The van der Waals surface area contributed by atoms with Gasteiger partial charge in [0, 0.05) is 9.82 Å². The van der Waals surface area contributed by atoms with Gasteiger partial charge in [-0.2, -0.15) is 0 Å². The van der Waals surface area contributed by atoms with Crippen LogP contribution < -0.4 is 0 Å². The van der Waals surface area contributed by atoms with Crippen molar-refractivity contribution in [1.82, 2.24) is 0 Å². The van der Waals surface area contributed by atoms with Crippen LogP contribution in [0.25, 0.3) is 20.9 Å². The van der Waals surface area contributed by atoms with E-state index in [-0.39, 0.29) is 13.1 Å². The molecule has 0 radical (unpaired) electrons. The summed E-state index contributed by atoms with van der Waals surface area (Å²) in [6.07, 6.45) is -4.27. The Bertz CT molecular complexity index is 232. The molecule has 0 bridgehead atoms. The molecule has 0 amide bonds.